The topological polar surface area (TPSA) is 58.1 Å². The molecule has 0 bridgehead atoms. The number of hydrogen-bond donors (Lipinski definition) is 1. The first-order chi connectivity index (χ1) is 14.1. The van der Waals surface area contributed by atoms with E-state index < -0.39 is 0 Å². The van der Waals surface area contributed by atoms with Crippen LogP contribution >= 0.6 is 0 Å². The number of carbonyl (C=O) groups is 1. The van der Waals surface area contributed by atoms with Crippen molar-refractivity contribution in [2.24, 2.45) is 5.92 Å². The molecule has 148 valence electrons. The molecule has 1 aromatic heterocycles. The summed E-state index contributed by atoms with van der Waals surface area (Å²) in [4.78, 5) is 23.1. The van der Waals surface area contributed by atoms with E-state index in [0.29, 0.717) is 23.0 Å². The smallest absolute Gasteiger partial charge is 0.253 e. The fraction of sp³-hybridized carbons (Fsp3) is 0.261. The molecule has 0 radical (unpaired) electrons. The number of hydrogen-bond acceptors (Lipinski definition) is 4. The van der Waals surface area contributed by atoms with Gasteiger partial charge in [-0.05, 0) is 67.3 Å². The Morgan fingerprint density at radius 1 is 1.03 bits per heavy atom. The van der Waals surface area contributed by atoms with Crippen LogP contribution in [0.1, 0.15) is 30.1 Å². The van der Waals surface area contributed by atoms with Crippen molar-refractivity contribution in [2.75, 3.05) is 18.4 Å². The van der Waals surface area contributed by atoms with E-state index in [1.807, 2.05) is 29.2 Å². The monoisotopic (exact) mass is 390 g/mol. The Kier molecular flexibility index (Phi) is 5.51. The maximum absolute atomic E-state index is 13.1. The molecule has 2 aromatic carbocycles. The van der Waals surface area contributed by atoms with E-state index >= 15 is 0 Å². The van der Waals surface area contributed by atoms with Crippen molar-refractivity contribution in [1.82, 2.24) is 14.9 Å². The summed E-state index contributed by atoms with van der Waals surface area (Å²) in [6, 6.07) is 15.4. The van der Waals surface area contributed by atoms with Gasteiger partial charge < -0.3 is 10.2 Å². The van der Waals surface area contributed by atoms with Gasteiger partial charge in [0, 0.05) is 36.0 Å². The molecule has 3 aromatic rings. The molecule has 2 heterocycles. The van der Waals surface area contributed by atoms with Gasteiger partial charge in [-0.3, -0.25) is 4.79 Å². The summed E-state index contributed by atoms with van der Waals surface area (Å²) in [5.74, 6) is 1.13. The summed E-state index contributed by atoms with van der Waals surface area (Å²) in [5, 5.41) is 3.23. The number of nitrogens with one attached hydrogen (secondary N) is 1. The predicted octanol–water partition coefficient (Wildman–Crippen LogP) is 4.90. The van der Waals surface area contributed by atoms with Gasteiger partial charge in [0.1, 0.15) is 18.0 Å². The molecule has 0 unspecified atom stereocenters. The van der Waals surface area contributed by atoms with Crippen LogP contribution in [0.15, 0.2) is 60.9 Å². The molecule has 1 aliphatic heterocycles. The van der Waals surface area contributed by atoms with Crippen LogP contribution in [-0.2, 0) is 0 Å². The second-order valence-corrected chi connectivity index (χ2v) is 7.47. The van der Waals surface area contributed by atoms with E-state index in [-0.39, 0.29) is 11.7 Å². The zero-order valence-corrected chi connectivity index (χ0v) is 16.3. The first kappa shape index (κ1) is 19.1. The standard InChI is InChI=1S/C23H23FN4O/c1-16-10-12-28(13-11-16)23(29)18-4-8-20(9-5-18)27-22-14-21(25-15-26-22)17-2-6-19(24)7-3-17/h2-9,14-16H,10-13H2,1H3,(H,25,26,27). The Bertz CT molecular complexity index is 981. The van der Waals surface area contributed by atoms with Crippen LogP contribution in [0.25, 0.3) is 11.3 Å². The summed E-state index contributed by atoms with van der Waals surface area (Å²) < 4.78 is 13.1. The molecule has 1 N–H and O–H groups in total. The van der Waals surface area contributed by atoms with Gasteiger partial charge in [0.25, 0.3) is 5.91 Å². The van der Waals surface area contributed by atoms with Gasteiger partial charge in [-0.2, -0.15) is 0 Å². The first-order valence-corrected chi connectivity index (χ1v) is 9.83. The number of piperidine rings is 1. The molecule has 5 nitrogen and oxygen atoms in total. The third-order valence-electron chi connectivity index (χ3n) is 5.28. The molecular formula is C23H23FN4O. The summed E-state index contributed by atoms with van der Waals surface area (Å²) in [5.41, 5.74) is 3.04. The largest absolute Gasteiger partial charge is 0.340 e. The minimum Gasteiger partial charge on any atom is -0.340 e. The maximum Gasteiger partial charge on any atom is 0.253 e. The van der Waals surface area contributed by atoms with Crippen molar-refractivity contribution >= 4 is 17.4 Å². The molecule has 4 rings (SSSR count). The van der Waals surface area contributed by atoms with Gasteiger partial charge in [-0.1, -0.05) is 6.92 Å². The zero-order valence-electron chi connectivity index (χ0n) is 16.3. The average molecular weight is 390 g/mol. The Morgan fingerprint density at radius 3 is 2.41 bits per heavy atom. The highest BCUT2D eigenvalue weighted by atomic mass is 19.1. The Morgan fingerprint density at radius 2 is 1.72 bits per heavy atom. The van der Waals surface area contributed by atoms with Crippen molar-refractivity contribution in [3.05, 3.63) is 72.3 Å². The van der Waals surface area contributed by atoms with E-state index in [4.69, 9.17) is 0 Å². The van der Waals surface area contributed by atoms with Crippen molar-refractivity contribution in [3.8, 4) is 11.3 Å². The van der Waals surface area contributed by atoms with Crippen LogP contribution in [0.4, 0.5) is 15.9 Å². The van der Waals surface area contributed by atoms with E-state index in [0.717, 1.165) is 37.2 Å². The van der Waals surface area contributed by atoms with Gasteiger partial charge in [0.15, 0.2) is 0 Å². The van der Waals surface area contributed by atoms with E-state index in [9.17, 15) is 9.18 Å². The van der Waals surface area contributed by atoms with E-state index in [2.05, 4.69) is 22.2 Å². The fourth-order valence-corrected chi connectivity index (χ4v) is 3.44. The number of rotatable bonds is 4. The Balaban J connectivity index is 1.44. The minimum atomic E-state index is -0.283. The third-order valence-corrected chi connectivity index (χ3v) is 5.28. The molecule has 0 saturated carbocycles. The van der Waals surface area contributed by atoms with Gasteiger partial charge >= 0.3 is 0 Å². The highest BCUT2D eigenvalue weighted by molar-refractivity contribution is 5.94. The second kappa shape index (κ2) is 8.39. The second-order valence-electron chi connectivity index (χ2n) is 7.47. The van der Waals surface area contributed by atoms with Crippen LogP contribution in [-0.4, -0.2) is 33.9 Å². The number of halogens is 1. The lowest BCUT2D eigenvalue weighted by Crippen LogP contribution is -2.37. The van der Waals surface area contributed by atoms with Gasteiger partial charge in [0.2, 0.25) is 0 Å². The number of carbonyl (C=O) groups excluding carboxylic acids is 1. The lowest BCUT2D eigenvalue weighted by Gasteiger charge is -2.30. The molecule has 1 aliphatic rings. The van der Waals surface area contributed by atoms with Crippen molar-refractivity contribution in [2.45, 2.75) is 19.8 Å². The van der Waals surface area contributed by atoms with Gasteiger partial charge in [0.05, 0.1) is 5.69 Å². The summed E-state index contributed by atoms with van der Waals surface area (Å²) >= 11 is 0. The fourth-order valence-electron chi connectivity index (χ4n) is 3.44. The van der Waals surface area contributed by atoms with Gasteiger partial charge in [-0.25, -0.2) is 14.4 Å². The molecule has 29 heavy (non-hydrogen) atoms. The van der Waals surface area contributed by atoms with Gasteiger partial charge in [-0.15, -0.1) is 0 Å². The number of aromatic nitrogens is 2. The zero-order chi connectivity index (χ0) is 20.2. The number of likely N-dealkylation sites (tertiary alicyclic amines) is 1. The van der Waals surface area contributed by atoms with Crippen molar-refractivity contribution < 1.29 is 9.18 Å². The summed E-state index contributed by atoms with van der Waals surface area (Å²) in [6.07, 6.45) is 3.60. The molecule has 0 spiro atoms. The van der Waals surface area contributed by atoms with Crippen LogP contribution < -0.4 is 5.32 Å². The molecule has 1 saturated heterocycles. The van der Waals surface area contributed by atoms with Crippen LogP contribution in [0.2, 0.25) is 0 Å². The highest BCUT2D eigenvalue weighted by Gasteiger charge is 2.21. The molecular weight excluding hydrogens is 367 g/mol. The number of benzene rings is 2. The van der Waals surface area contributed by atoms with E-state index in [1.54, 1.807) is 18.2 Å². The molecule has 0 atom stereocenters. The molecule has 0 aliphatic carbocycles. The van der Waals surface area contributed by atoms with Crippen molar-refractivity contribution in [3.63, 3.8) is 0 Å². The molecule has 1 amide bonds. The normalized spacial score (nSPS) is 14.6. The maximum atomic E-state index is 13.1. The predicted molar refractivity (Wildman–Crippen MR) is 111 cm³/mol. The lowest BCUT2D eigenvalue weighted by atomic mass is 9.98. The summed E-state index contributed by atoms with van der Waals surface area (Å²) in [7, 11) is 0. The van der Waals surface area contributed by atoms with Crippen molar-refractivity contribution in [1.29, 1.82) is 0 Å². The quantitative estimate of drug-likeness (QED) is 0.688. The summed E-state index contributed by atoms with van der Waals surface area (Å²) in [6.45, 7) is 3.89. The average Bonchev–Trinajstić information content (AvgIpc) is 2.75. The number of nitrogens with zero attached hydrogens (tertiary/aromatic N) is 3. The minimum absolute atomic E-state index is 0.0871. The first-order valence-electron chi connectivity index (χ1n) is 9.83. The third kappa shape index (κ3) is 4.59. The van der Waals surface area contributed by atoms with Crippen LogP contribution in [0, 0.1) is 11.7 Å². The van der Waals surface area contributed by atoms with Crippen LogP contribution in [0.3, 0.4) is 0 Å². The Labute approximate surface area is 169 Å². The number of anilines is 2. The highest BCUT2D eigenvalue weighted by Crippen LogP contribution is 2.23. The van der Waals surface area contributed by atoms with E-state index in [1.165, 1.54) is 18.5 Å². The van der Waals surface area contributed by atoms with Crippen LogP contribution in [0.5, 0.6) is 0 Å². The Hall–Kier alpha value is -3.28. The molecule has 6 heteroatoms. The molecule has 1 fully saturated rings. The number of amides is 1. The lowest BCUT2D eigenvalue weighted by molar-refractivity contribution is 0.0697. The SMILES string of the molecule is CC1CCN(C(=O)c2ccc(Nc3cc(-c4ccc(F)cc4)ncn3)cc2)CC1.